The van der Waals surface area contributed by atoms with Crippen LogP contribution in [0.15, 0.2) is 35.1 Å². The molecule has 0 aliphatic heterocycles. The van der Waals surface area contributed by atoms with Gasteiger partial charge in [0.1, 0.15) is 0 Å². The van der Waals surface area contributed by atoms with Crippen LogP contribution in [0.2, 0.25) is 0 Å². The zero-order valence-electron chi connectivity index (χ0n) is 10.2. The summed E-state index contributed by atoms with van der Waals surface area (Å²) in [7, 11) is 0. The van der Waals surface area contributed by atoms with E-state index in [4.69, 9.17) is 4.74 Å². The molecule has 1 heterocycles. The van der Waals surface area contributed by atoms with Crippen molar-refractivity contribution < 1.29 is 9.66 Å². The summed E-state index contributed by atoms with van der Waals surface area (Å²) in [6, 6.07) is 4.66. The highest BCUT2D eigenvalue weighted by Crippen LogP contribution is 2.33. The summed E-state index contributed by atoms with van der Waals surface area (Å²) in [5, 5.41) is 15.1. The summed E-state index contributed by atoms with van der Waals surface area (Å²) in [5.74, 6) is 0.683. The second-order valence-corrected chi connectivity index (χ2v) is 4.83. The van der Waals surface area contributed by atoms with Crippen LogP contribution in [-0.2, 0) is 6.54 Å². The minimum Gasteiger partial charge on any atom is -0.447 e. The van der Waals surface area contributed by atoms with Gasteiger partial charge in [0.2, 0.25) is 5.75 Å². The van der Waals surface area contributed by atoms with Gasteiger partial charge in [-0.3, -0.25) is 14.8 Å². The number of ether oxygens (including phenoxy) is 1. The van der Waals surface area contributed by atoms with Crippen molar-refractivity contribution in [3.8, 4) is 11.5 Å². The molecule has 6 nitrogen and oxygen atoms in total. The maximum Gasteiger partial charge on any atom is 0.312 e. The molecule has 0 amide bonds. The Bertz CT molecular complexity index is 598. The Hall–Kier alpha value is -1.89. The minimum atomic E-state index is -0.476. The van der Waals surface area contributed by atoms with Gasteiger partial charge in [-0.1, -0.05) is 22.9 Å². The zero-order valence-corrected chi connectivity index (χ0v) is 11.8. The summed E-state index contributed by atoms with van der Waals surface area (Å²) in [6.07, 6.45) is 4.22. The number of benzene rings is 1. The number of hydrogen-bond acceptors (Lipinski definition) is 4. The molecule has 2 aromatic rings. The SMILES string of the molecule is CCCn1cc(Oc2ccc(Br)cc2[N+](=O)[O-])cn1. The molecule has 0 saturated carbocycles. The third-order valence-electron chi connectivity index (χ3n) is 2.41. The Labute approximate surface area is 118 Å². The minimum absolute atomic E-state index is 0.0855. The summed E-state index contributed by atoms with van der Waals surface area (Å²) in [6.45, 7) is 2.83. The molecule has 0 radical (unpaired) electrons. The van der Waals surface area contributed by atoms with Crippen LogP contribution in [0.4, 0.5) is 5.69 Å². The fraction of sp³-hybridized carbons (Fsp3) is 0.250. The van der Waals surface area contributed by atoms with Crippen molar-refractivity contribution in [3.05, 3.63) is 45.2 Å². The van der Waals surface area contributed by atoms with Gasteiger partial charge in [-0.2, -0.15) is 5.10 Å². The number of aromatic nitrogens is 2. The molecule has 19 heavy (non-hydrogen) atoms. The molecule has 0 N–H and O–H groups in total. The number of nitrogens with zero attached hydrogens (tertiary/aromatic N) is 3. The van der Waals surface area contributed by atoms with Gasteiger partial charge in [0.25, 0.3) is 0 Å². The Morgan fingerprint density at radius 1 is 1.53 bits per heavy atom. The smallest absolute Gasteiger partial charge is 0.312 e. The van der Waals surface area contributed by atoms with E-state index in [1.165, 1.54) is 6.07 Å². The fourth-order valence-corrected chi connectivity index (χ4v) is 1.94. The summed E-state index contributed by atoms with van der Waals surface area (Å²) >= 11 is 3.20. The molecule has 0 aliphatic rings. The molecule has 7 heteroatoms. The topological polar surface area (TPSA) is 70.2 Å². The zero-order chi connectivity index (χ0) is 13.8. The molecular formula is C12H12BrN3O3. The van der Waals surface area contributed by atoms with Crippen LogP contribution in [-0.4, -0.2) is 14.7 Å². The lowest BCUT2D eigenvalue weighted by atomic mass is 10.3. The highest BCUT2D eigenvalue weighted by atomic mass is 79.9. The Morgan fingerprint density at radius 3 is 3.00 bits per heavy atom. The molecule has 1 aromatic carbocycles. The average molecular weight is 326 g/mol. The van der Waals surface area contributed by atoms with Gasteiger partial charge in [-0.15, -0.1) is 0 Å². The van der Waals surface area contributed by atoms with E-state index in [-0.39, 0.29) is 11.4 Å². The van der Waals surface area contributed by atoms with Crippen molar-refractivity contribution >= 4 is 21.6 Å². The predicted molar refractivity (Wildman–Crippen MR) is 73.4 cm³/mol. The van der Waals surface area contributed by atoms with Crippen LogP contribution in [0.25, 0.3) is 0 Å². The summed E-state index contributed by atoms with van der Waals surface area (Å²) in [4.78, 5) is 10.5. The van der Waals surface area contributed by atoms with Crippen molar-refractivity contribution in [1.82, 2.24) is 9.78 Å². The lowest BCUT2D eigenvalue weighted by molar-refractivity contribution is -0.385. The molecule has 0 fully saturated rings. The first-order valence-corrected chi connectivity index (χ1v) is 6.53. The fourth-order valence-electron chi connectivity index (χ4n) is 1.60. The lowest BCUT2D eigenvalue weighted by Crippen LogP contribution is -1.95. The largest absolute Gasteiger partial charge is 0.447 e. The van der Waals surface area contributed by atoms with Gasteiger partial charge in [0.15, 0.2) is 5.75 Å². The first kappa shape index (κ1) is 13.5. The van der Waals surface area contributed by atoms with Crippen molar-refractivity contribution in [3.63, 3.8) is 0 Å². The number of nitro groups is 1. The second-order valence-electron chi connectivity index (χ2n) is 3.91. The van der Waals surface area contributed by atoms with E-state index in [1.54, 1.807) is 29.2 Å². The van der Waals surface area contributed by atoms with Gasteiger partial charge in [-0.25, -0.2) is 0 Å². The van der Waals surface area contributed by atoms with Gasteiger partial charge in [0, 0.05) is 17.1 Å². The molecule has 0 atom stereocenters. The van der Waals surface area contributed by atoms with Crippen LogP contribution in [0, 0.1) is 10.1 Å². The molecule has 100 valence electrons. The summed E-state index contributed by atoms with van der Waals surface area (Å²) in [5.41, 5.74) is -0.0855. The molecule has 2 rings (SSSR count). The van der Waals surface area contributed by atoms with Gasteiger partial charge >= 0.3 is 5.69 Å². The third kappa shape index (κ3) is 3.31. The maximum atomic E-state index is 11.0. The van der Waals surface area contributed by atoms with E-state index in [0.29, 0.717) is 10.2 Å². The van der Waals surface area contributed by atoms with Gasteiger partial charge in [-0.05, 0) is 18.6 Å². The normalized spacial score (nSPS) is 10.4. The number of rotatable bonds is 5. The molecule has 0 spiro atoms. The predicted octanol–water partition coefficient (Wildman–Crippen LogP) is 3.76. The molecule has 0 unspecified atom stereocenters. The van der Waals surface area contributed by atoms with E-state index < -0.39 is 4.92 Å². The monoisotopic (exact) mass is 325 g/mol. The second kappa shape index (κ2) is 5.83. The van der Waals surface area contributed by atoms with E-state index in [9.17, 15) is 10.1 Å². The van der Waals surface area contributed by atoms with Crippen molar-refractivity contribution in [2.45, 2.75) is 19.9 Å². The molecular weight excluding hydrogens is 314 g/mol. The third-order valence-corrected chi connectivity index (χ3v) is 2.90. The maximum absolute atomic E-state index is 11.0. The molecule has 1 aromatic heterocycles. The van der Waals surface area contributed by atoms with Crippen LogP contribution in [0.5, 0.6) is 11.5 Å². The van der Waals surface area contributed by atoms with Gasteiger partial charge < -0.3 is 4.74 Å². The lowest BCUT2D eigenvalue weighted by Gasteiger charge is -2.04. The van der Waals surface area contributed by atoms with Crippen molar-refractivity contribution in [2.24, 2.45) is 0 Å². The molecule has 0 aliphatic carbocycles. The van der Waals surface area contributed by atoms with E-state index in [2.05, 4.69) is 21.0 Å². The Morgan fingerprint density at radius 2 is 2.32 bits per heavy atom. The van der Waals surface area contributed by atoms with Crippen LogP contribution in [0.1, 0.15) is 13.3 Å². The van der Waals surface area contributed by atoms with Crippen molar-refractivity contribution in [1.29, 1.82) is 0 Å². The molecule has 0 saturated heterocycles. The van der Waals surface area contributed by atoms with E-state index >= 15 is 0 Å². The Kier molecular flexibility index (Phi) is 4.16. The van der Waals surface area contributed by atoms with E-state index in [0.717, 1.165) is 13.0 Å². The number of halogens is 1. The highest BCUT2D eigenvalue weighted by Gasteiger charge is 2.16. The highest BCUT2D eigenvalue weighted by molar-refractivity contribution is 9.10. The van der Waals surface area contributed by atoms with E-state index in [1.807, 2.05) is 6.92 Å². The summed E-state index contributed by atoms with van der Waals surface area (Å²) < 4.78 is 7.88. The molecule has 0 bridgehead atoms. The standard InChI is InChI=1S/C12H12BrN3O3/c1-2-5-15-8-10(7-14-15)19-12-4-3-9(13)6-11(12)16(17)18/h3-4,6-8H,2,5H2,1H3. The first-order chi connectivity index (χ1) is 9.10. The number of hydrogen-bond donors (Lipinski definition) is 0. The number of aryl methyl sites for hydroxylation is 1. The van der Waals surface area contributed by atoms with Crippen LogP contribution < -0.4 is 4.74 Å². The Balaban J connectivity index is 2.24. The quantitative estimate of drug-likeness (QED) is 0.620. The average Bonchev–Trinajstić information content (AvgIpc) is 2.79. The van der Waals surface area contributed by atoms with Crippen molar-refractivity contribution in [2.75, 3.05) is 0 Å². The number of nitro benzene ring substituents is 1. The van der Waals surface area contributed by atoms with Gasteiger partial charge in [0.05, 0.1) is 17.3 Å². The van der Waals surface area contributed by atoms with Crippen LogP contribution >= 0.6 is 15.9 Å². The van der Waals surface area contributed by atoms with Crippen LogP contribution in [0.3, 0.4) is 0 Å². The first-order valence-electron chi connectivity index (χ1n) is 5.74.